The van der Waals surface area contributed by atoms with Gasteiger partial charge in [0.05, 0.1) is 6.04 Å². The highest BCUT2D eigenvalue weighted by Crippen LogP contribution is 2.16. The molecular formula is C21H18N2O5. The van der Waals surface area contributed by atoms with Gasteiger partial charge in [-0.05, 0) is 47.9 Å². The Morgan fingerprint density at radius 1 is 1.18 bits per heavy atom. The molecule has 0 spiro atoms. The number of nitriles is 1. The molecule has 1 N–H and O–H groups in total. The van der Waals surface area contributed by atoms with Crippen LogP contribution in [0.4, 0.5) is 4.79 Å². The fraction of sp³-hybridized carbons (Fsp3) is 0.190. The number of nitrogens with zero attached hydrogens (tertiary/aromatic N) is 1. The smallest absolute Gasteiger partial charge is 0.407 e. The summed E-state index contributed by atoms with van der Waals surface area (Å²) in [6, 6.07) is 16.0. The first-order chi connectivity index (χ1) is 13.6. The standard InChI is InChI=1S/C21H18N2O5/c22-11-12-26-18-6-1-15(2-7-18)5-10-20(24)28-19-8-3-16(4-9-19)13-17-14-27-21(25)23-17/h1-10,17H,12-14H2,(H,23,25)/b10-5-/t17-/m0/s1. The van der Waals surface area contributed by atoms with Crippen molar-refractivity contribution in [2.75, 3.05) is 13.2 Å². The van der Waals surface area contributed by atoms with Crippen LogP contribution in [0.15, 0.2) is 54.6 Å². The van der Waals surface area contributed by atoms with Crippen molar-refractivity contribution in [2.45, 2.75) is 12.5 Å². The van der Waals surface area contributed by atoms with Crippen LogP contribution in [0.1, 0.15) is 11.1 Å². The number of benzene rings is 2. The quantitative estimate of drug-likeness (QED) is 0.452. The van der Waals surface area contributed by atoms with Crippen LogP contribution in [0.25, 0.3) is 6.08 Å². The maximum absolute atomic E-state index is 12.0. The molecule has 0 bridgehead atoms. The van der Waals surface area contributed by atoms with E-state index in [1.54, 1.807) is 42.5 Å². The number of alkyl carbamates (subject to hydrolysis) is 1. The fourth-order valence-corrected chi connectivity index (χ4v) is 2.62. The average Bonchev–Trinajstić information content (AvgIpc) is 3.12. The van der Waals surface area contributed by atoms with Crippen molar-refractivity contribution in [3.63, 3.8) is 0 Å². The first-order valence-corrected chi connectivity index (χ1v) is 8.64. The summed E-state index contributed by atoms with van der Waals surface area (Å²) in [5.74, 6) is 0.532. The Kier molecular flexibility index (Phi) is 6.26. The number of amides is 1. The molecule has 7 heteroatoms. The molecular weight excluding hydrogens is 360 g/mol. The van der Waals surface area contributed by atoms with Gasteiger partial charge in [-0.3, -0.25) is 0 Å². The van der Waals surface area contributed by atoms with E-state index in [-0.39, 0.29) is 12.6 Å². The molecule has 1 aliphatic heterocycles. The van der Waals surface area contributed by atoms with Gasteiger partial charge >= 0.3 is 12.1 Å². The minimum absolute atomic E-state index is 0.0105. The van der Waals surface area contributed by atoms with Crippen LogP contribution >= 0.6 is 0 Å². The van der Waals surface area contributed by atoms with E-state index in [2.05, 4.69) is 5.32 Å². The first-order valence-electron chi connectivity index (χ1n) is 8.64. The van der Waals surface area contributed by atoms with Crippen LogP contribution in [0, 0.1) is 11.3 Å². The van der Waals surface area contributed by atoms with E-state index >= 15 is 0 Å². The molecule has 1 atom stereocenters. The predicted molar refractivity (Wildman–Crippen MR) is 101 cm³/mol. The Labute approximate surface area is 162 Å². The molecule has 1 saturated heterocycles. The summed E-state index contributed by atoms with van der Waals surface area (Å²) < 4.78 is 15.3. The summed E-state index contributed by atoms with van der Waals surface area (Å²) in [6.07, 6.45) is 3.22. The largest absolute Gasteiger partial charge is 0.479 e. The molecule has 7 nitrogen and oxygen atoms in total. The SMILES string of the molecule is N#CCOc1ccc(/C=C\C(=O)Oc2ccc(C[C@H]3COC(=O)N3)cc2)cc1. The Hall–Kier alpha value is -3.79. The zero-order valence-electron chi connectivity index (χ0n) is 15.0. The number of ether oxygens (including phenoxy) is 3. The van der Waals surface area contributed by atoms with Gasteiger partial charge in [-0.15, -0.1) is 0 Å². The minimum Gasteiger partial charge on any atom is -0.479 e. The molecule has 2 aromatic carbocycles. The molecule has 3 rings (SSSR count). The minimum atomic E-state index is -0.492. The second kappa shape index (κ2) is 9.24. The van der Waals surface area contributed by atoms with E-state index in [0.29, 0.717) is 24.5 Å². The summed E-state index contributed by atoms with van der Waals surface area (Å²) >= 11 is 0. The van der Waals surface area contributed by atoms with Crippen molar-refractivity contribution in [3.05, 3.63) is 65.7 Å². The van der Waals surface area contributed by atoms with Crippen molar-refractivity contribution >= 4 is 18.1 Å². The monoisotopic (exact) mass is 378 g/mol. The second-order valence-electron chi connectivity index (χ2n) is 6.06. The summed E-state index contributed by atoms with van der Waals surface area (Å²) in [4.78, 5) is 23.0. The average molecular weight is 378 g/mol. The maximum atomic E-state index is 12.0. The van der Waals surface area contributed by atoms with Crippen LogP contribution in [-0.2, 0) is 16.0 Å². The van der Waals surface area contributed by atoms with Gasteiger partial charge in [0, 0.05) is 6.08 Å². The number of rotatable bonds is 7. The Balaban J connectivity index is 1.49. The molecule has 142 valence electrons. The van der Waals surface area contributed by atoms with Gasteiger partial charge in [0.15, 0.2) is 6.61 Å². The molecule has 1 fully saturated rings. The van der Waals surface area contributed by atoms with E-state index in [1.165, 1.54) is 6.08 Å². The predicted octanol–water partition coefficient (Wildman–Crippen LogP) is 2.86. The zero-order valence-corrected chi connectivity index (χ0v) is 15.0. The molecule has 1 heterocycles. The lowest BCUT2D eigenvalue weighted by atomic mass is 10.1. The van der Waals surface area contributed by atoms with Crippen LogP contribution in [0.5, 0.6) is 11.5 Å². The van der Waals surface area contributed by atoms with E-state index < -0.39 is 12.1 Å². The lowest BCUT2D eigenvalue weighted by molar-refractivity contribution is -0.128. The summed E-state index contributed by atoms with van der Waals surface area (Å²) in [5, 5.41) is 11.2. The molecule has 0 aromatic heterocycles. The molecule has 1 aliphatic rings. The topological polar surface area (TPSA) is 97.7 Å². The van der Waals surface area contributed by atoms with Crippen molar-refractivity contribution < 1.29 is 23.8 Å². The van der Waals surface area contributed by atoms with Gasteiger partial charge in [-0.25, -0.2) is 9.59 Å². The van der Waals surface area contributed by atoms with Gasteiger partial charge in [-0.2, -0.15) is 5.26 Å². The van der Waals surface area contributed by atoms with E-state index in [4.69, 9.17) is 19.5 Å². The van der Waals surface area contributed by atoms with Gasteiger partial charge in [0.2, 0.25) is 0 Å². The van der Waals surface area contributed by atoms with Crippen molar-refractivity contribution in [2.24, 2.45) is 0 Å². The van der Waals surface area contributed by atoms with Crippen molar-refractivity contribution in [3.8, 4) is 17.6 Å². The molecule has 0 unspecified atom stereocenters. The van der Waals surface area contributed by atoms with E-state index in [1.807, 2.05) is 18.2 Å². The van der Waals surface area contributed by atoms with Crippen LogP contribution in [0.3, 0.4) is 0 Å². The first kappa shape index (κ1) is 19.0. The summed E-state index contributed by atoms with van der Waals surface area (Å²) in [5.41, 5.74) is 1.81. The van der Waals surface area contributed by atoms with Crippen LogP contribution in [0.2, 0.25) is 0 Å². The van der Waals surface area contributed by atoms with Gasteiger partial charge in [-0.1, -0.05) is 24.3 Å². The highest BCUT2D eigenvalue weighted by molar-refractivity contribution is 5.88. The summed E-state index contributed by atoms with van der Waals surface area (Å²) in [7, 11) is 0. The Morgan fingerprint density at radius 2 is 1.89 bits per heavy atom. The molecule has 1 amide bonds. The highest BCUT2D eigenvalue weighted by Gasteiger charge is 2.22. The molecule has 2 aromatic rings. The second-order valence-corrected chi connectivity index (χ2v) is 6.06. The van der Waals surface area contributed by atoms with E-state index in [9.17, 15) is 9.59 Å². The summed E-state index contributed by atoms with van der Waals surface area (Å²) in [6.45, 7) is 0.342. The normalized spacial score (nSPS) is 15.5. The van der Waals surface area contributed by atoms with Gasteiger partial charge in [0.1, 0.15) is 24.2 Å². The number of carbonyl (C=O) groups is 2. The van der Waals surface area contributed by atoms with E-state index in [0.717, 1.165) is 11.1 Å². The third kappa shape index (κ3) is 5.61. The van der Waals surface area contributed by atoms with Crippen molar-refractivity contribution in [1.82, 2.24) is 5.32 Å². The number of hydrogen-bond donors (Lipinski definition) is 1. The lowest BCUT2D eigenvalue weighted by Gasteiger charge is -2.08. The zero-order chi connectivity index (χ0) is 19.8. The van der Waals surface area contributed by atoms with Gasteiger partial charge in [0.25, 0.3) is 0 Å². The van der Waals surface area contributed by atoms with Crippen LogP contribution in [-0.4, -0.2) is 31.3 Å². The number of hydrogen-bond acceptors (Lipinski definition) is 6. The number of cyclic esters (lactones) is 1. The third-order valence-electron chi connectivity index (χ3n) is 3.96. The Morgan fingerprint density at radius 3 is 2.54 bits per heavy atom. The van der Waals surface area contributed by atoms with Crippen molar-refractivity contribution in [1.29, 1.82) is 5.26 Å². The van der Waals surface area contributed by atoms with Crippen LogP contribution < -0.4 is 14.8 Å². The maximum Gasteiger partial charge on any atom is 0.407 e. The molecule has 0 saturated carbocycles. The fourth-order valence-electron chi connectivity index (χ4n) is 2.62. The number of carbonyl (C=O) groups excluding carboxylic acids is 2. The van der Waals surface area contributed by atoms with Gasteiger partial charge < -0.3 is 19.5 Å². The molecule has 0 radical (unpaired) electrons. The number of nitrogens with one attached hydrogen (secondary N) is 1. The third-order valence-corrected chi connectivity index (χ3v) is 3.96. The Bertz CT molecular complexity index is 898. The number of esters is 1. The molecule has 28 heavy (non-hydrogen) atoms. The lowest BCUT2D eigenvalue weighted by Crippen LogP contribution is -2.28. The highest BCUT2D eigenvalue weighted by atomic mass is 16.6. The molecule has 0 aliphatic carbocycles.